The molecule has 0 unspecified atom stereocenters. The average molecular weight is 268 g/mol. The van der Waals surface area contributed by atoms with Gasteiger partial charge in [-0.15, -0.1) is 0 Å². The summed E-state index contributed by atoms with van der Waals surface area (Å²) < 4.78 is 8.25. The molecule has 0 bridgehead atoms. The van der Waals surface area contributed by atoms with Gasteiger partial charge in [0, 0.05) is 23.1 Å². The third-order valence-corrected chi connectivity index (χ3v) is 2.26. The van der Waals surface area contributed by atoms with E-state index in [1.165, 1.54) is 0 Å². The molecule has 2 rings (SSSR count). The number of rotatable bonds is 4. The summed E-state index contributed by atoms with van der Waals surface area (Å²) in [5, 5.41) is 4.08. The smallest absolute Gasteiger partial charge is 0.138 e. The Kier molecular flexibility index (Phi) is 3.34. The van der Waals surface area contributed by atoms with E-state index >= 15 is 0 Å². The van der Waals surface area contributed by atoms with E-state index in [1.54, 1.807) is 18.6 Å². The fraction of sp³-hybridized carbons (Fsp3) is 0.200. The number of aromatic nitrogens is 3. The highest BCUT2D eigenvalue weighted by Crippen LogP contribution is 2.15. The SMILES string of the molecule is Brc1cncc(OCCn2cccn2)c1. The van der Waals surface area contributed by atoms with Crippen molar-refractivity contribution in [3.05, 3.63) is 41.4 Å². The minimum Gasteiger partial charge on any atom is -0.490 e. The predicted octanol–water partition coefficient (Wildman–Crippen LogP) is 2.12. The molecule has 0 radical (unpaired) electrons. The molecule has 4 nitrogen and oxygen atoms in total. The van der Waals surface area contributed by atoms with E-state index in [1.807, 2.05) is 23.0 Å². The Balaban J connectivity index is 1.83. The monoisotopic (exact) mass is 267 g/mol. The lowest BCUT2D eigenvalue weighted by Gasteiger charge is -2.05. The molecule has 2 aromatic rings. The first-order valence-electron chi connectivity index (χ1n) is 4.55. The van der Waals surface area contributed by atoms with Crippen molar-refractivity contribution >= 4 is 15.9 Å². The molecule has 0 saturated carbocycles. The molecule has 0 spiro atoms. The number of ether oxygens (including phenoxy) is 1. The van der Waals surface area contributed by atoms with Crippen LogP contribution in [0.1, 0.15) is 0 Å². The first-order valence-corrected chi connectivity index (χ1v) is 5.35. The zero-order valence-corrected chi connectivity index (χ0v) is 9.59. The summed E-state index contributed by atoms with van der Waals surface area (Å²) in [6, 6.07) is 3.77. The topological polar surface area (TPSA) is 39.9 Å². The van der Waals surface area contributed by atoms with Crippen molar-refractivity contribution < 1.29 is 4.74 Å². The van der Waals surface area contributed by atoms with Crippen LogP contribution in [0.4, 0.5) is 0 Å². The molecule has 0 aliphatic rings. The Morgan fingerprint density at radius 2 is 2.33 bits per heavy atom. The highest BCUT2D eigenvalue weighted by Gasteiger charge is 1.96. The van der Waals surface area contributed by atoms with Crippen molar-refractivity contribution in [2.24, 2.45) is 0 Å². The van der Waals surface area contributed by atoms with E-state index in [4.69, 9.17) is 4.74 Å². The predicted molar refractivity (Wildman–Crippen MR) is 59.7 cm³/mol. The lowest BCUT2D eigenvalue weighted by Crippen LogP contribution is -2.08. The second-order valence-electron chi connectivity index (χ2n) is 2.96. The van der Waals surface area contributed by atoms with Gasteiger partial charge in [0.1, 0.15) is 12.4 Å². The zero-order valence-electron chi connectivity index (χ0n) is 8.01. The van der Waals surface area contributed by atoms with Gasteiger partial charge < -0.3 is 4.74 Å². The number of pyridine rings is 1. The zero-order chi connectivity index (χ0) is 10.5. The molecule has 0 aliphatic heterocycles. The fourth-order valence-corrected chi connectivity index (χ4v) is 1.50. The second kappa shape index (κ2) is 4.93. The average Bonchev–Trinajstić information content (AvgIpc) is 2.71. The van der Waals surface area contributed by atoms with Gasteiger partial charge in [0.2, 0.25) is 0 Å². The van der Waals surface area contributed by atoms with Gasteiger partial charge in [-0.25, -0.2) is 0 Å². The highest BCUT2D eigenvalue weighted by atomic mass is 79.9. The number of nitrogens with zero attached hydrogens (tertiary/aromatic N) is 3. The Bertz CT molecular complexity index is 416. The highest BCUT2D eigenvalue weighted by molar-refractivity contribution is 9.10. The Hall–Kier alpha value is -1.36. The van der Waals surface area contributed by atoms with Crippen LogP contribution in [0.2, 0.25) is 0 Å². The van der Waals surface area contributed by atoms with Gasteiger partial charge in [-0.1, -0.05) is 0 Å². The Morgan fingerprint density at radius 3 is 3.07 bits per heavy atom. The van der Waals surface area contributed by atoms with Gasteiger partial charge in [0.15, 0.2) is 0 Å². The van der Waals surface area contributed by atoms with Crippen molar-refractivity contribution in [3.63, 3.8) is 0 Å². The van der Waals surface area contributed by atoms with Crippen LogP contribution < -0.4 is 4.74 Å². The maximum absolute atomic E-state index is 5.51. The molecule has 0 saturated heterocycles. The minimum absolute atomic E-state index is 0.583. The molecule has 0 aromatic carbocycles. The van der Waals surface area contributed by atoms with Crippen molar-refractivity contribution in [2.45, 2.75) is 6.54 Å². The number of hydrogen-bond acceptors (Lipinski definition) is 3. The van der Waals surface area contributed by atoms with E-state index in [9.17, 15) is 0 Å². The molecule has 0 aliphatic carbocycles. The molecule has 0 amide bonds. The normalized spacial score (nSPS) is 10.2. The summed E-state index contributed by atoms with van der Waals surface area (Å²) in [5.41, 5.74) is 0. The largest absolute Gasteiger partial charge is 0.490 e. The third kappa shape index (κ3) is 3.06. The van der Waals surface area contributed by atoms with Gasteiger partial charge in [-0.3, -0.25) is 9.67 Å². The maximum Gasteiger partial charge on any atom is 0.138 e. The van der Waals surface area contributed by atoms with Gasteiger partial charge in [-0.05, 0) is 28.1 Å². The first kappa shape index (κ1) is 10.2. The quantitative estimate of drug-likeness (QED) is 0.852. The van der Waals surface area contributed by atoms with Crippen LogP contribution in [0, 0.1) is 0 Å². The van der Waals surface area contributed by atoms with Gasteiger partial charge in [0.05, 0.1) is 12.7 Å². The standard InChI is InChI=1S/C10H10BrN3O/c11-9-6-10(8-12-7-9)15-5-4-14-3-1-2-13-14/h1-3,6-8H,4-5H2. The molecule has 5 heteroatoms. The molecule has 2 aromatic heterocycles. The summed E-state index contributed by atoms with van der Waals surface area (Å²) >= 11 is 3.33. The fourth-order valence-electron chi connectivity index (χ4n) is 1.16. The maximum atomic E-state index is 5.51. The third-order valence-electron chi connectivity index (χ3n) is 1.83. The molecule has 78 valence electrons. The van der Waals surface area contributed by atoms with Crippen molar-refractivity contribution in [2.75, 3.05) is 6.61 Å². The lowest BCUT2D eigenvalue weighted by atomic mass is 10.5. The Labute approximate surface area is 96.0 Å². The molecule has 0 N–H and O–H groups in total. The van der Waals surface area contributed by atoms with Crippen LogP contribution in [0.5, 0.6) is 5.75 Å². The molecule has 0 fully saturated rings. The van der Waals surface area contributed by atoms with Crippen LogP contribution in [-0.2, 0) is 6.54 Å². The lowest BCUT2D eigenvalue weighted by molar-refractivity contribution is 0.290. The van der Waals surface area contributed by atoms with Crippen LogP contribution in [-0.4, -0.2) is 21.4 Å². The van der Waals surface area contributed by atoms with Crippen LogP contribution in [0.15, 0.2) is 41.4 Å². The number of hydrogen-bond donors (Lipinski definition) is 0. The van der Waals surface area contributed by atoms with Gasteiger partial charge in [0.25, 0.3) is 0 Å². The van der Waals surface area contributed by atoms with Crippen molar-refractivity contribution in [3.8, 4) is 5.75 Å². The van der Waals surface area contributed by atoms with Crippen LogP contribution in [0.25, 0.3) is 0 Å². The minimum atomic E-state index is 0.583. The summed E-state index contributed by atoms with van der Waals surface area (Å²) in [6.07, 6.45) is 7.07. The molecular weight excluding hydrogens is 258 g/mol. The molecular formula is C10H10BrN3O. The van der Waals surface area contributed by atoms with Crippen LogP contribution in [0.3, 0.4) is 0 Å². The summed E-state index contributed by atoms with van der Waals surface area (Å²) in [7, 11) is 0. The summed E-state index contributed by atoms with van der Waals surface area (Å²) in [5.74, 6) is 0.761. The number of halogens is 1. The van der Waals surface area contributed by atoms with Gasteiger partial charge >= 0.3 is 0 Å². The van der Waals surface area contributed by atoms with Crippen LogP contribution >= 0.6 is 15.9 Å². The van der Waals surface area contributed by atoms with E-state index in [-0.39, 0.29) is 0 Å². The summed E-state index contributed by atoms with van der Waals surface area (Å²) in [6.45, 7) is 1.32. The molecule has 0 atom stereocenters. The van der Waals surface area contributed by atoms with E-state index in [0.29, 0.717) is 6.61 Å². The second-order valence-corrected chi connectivity index (χ2v) is 3.87. The Morgan fingerprint density at radius 1 is 1.40 bits per heavy atom. The van der Waals surface area contributed by atoms with Crippen molar-refractivity contribution in [1.29, 1.82) is 0 Å². The van der Waals surface area contributed by atoms with Gasteiger partial charge in [-0.2, -0.15) is 5.10 Å². The first-order chi connectivity index (χ1) is 7.34. The van der Waals surface area contributed by atoms with E-state index in [0.717, 1.165) is 16.8 Å². The van der Waals surface area contributed by atoms with E-state index < -0.39 is 0 Å². The van der Waals surface area contributed by atoms with E-state index in [2.05, 4.69) is 26.0 Å². The summed E-state index contributed by atoms with van der Waals surface area (Å²) in [4.78, 5) is 4.01. The molecule has 2 heterocycles. The van der Waals surface area contributed by atoms with Crippen molar-refractivity contribution in [1.82, 2.24) is 14.8 Å². The molecule has 15 heavy (non-hydrogen) atoms.